The molecule has 15 rings (SSSR count). The molecule has 0 aliphatic heterocycles. The van der Waals surface area contributed by atoms with Gasteiger partial charge in [0.2, 0.25) is 0 Å². The highest BCUT2D eigenvalue weighted by Gasteiger charge is 2.22. The highest BCUT2D eigenvalue weighted by Crippen LogP contribution is 2.50. The van der Waals surface area contributed by atoms with Gasteiger partial charge in [0.25, 0.3) is 0 Å². The summed E-state index contributed by atoms with van der Waals surface area (Å²) in [5.74, 6) is 0. The lowest BCUT2D eigenvalue weighted by molar-refractivity contribution is 1.69. The summed E-state index contributed by atoms with van der Waals surface area (Å²) in [6, 6.07) is 91.1. The van der Waals surface area contributed by atoms with Crippen molar-refractivity contribution in [2.45, 2.75) is 0 Å². The molecule has 0 bridgehead atoms. The zero-order valence-corrected chi connectivity index (χ0v) is 38.3. The Morgan fingerprint density at radius 2 is 0.507 bits per heavy atom. The van der Waals surface area contributed by atoms with Crippen molar-refractivity contribution < 1.29 is 0 Å². The third kappa shape index (κ3) is 5.81. The molecule has 0 atom stereocenters. The maximum atomic E-state index is 2.49. The molecule has 1 heterocycles. The molecule has 0 fully saturated rings. The maximum Gasteiger partial charge on any atom is 0.0355 e. The van der Waals surface area contributed by atoms with Crippen LogP contribution in [0.5, 0.6) is 0 Å². The van der Waals surface area contributed by atoms with Crippen LogP contribution in [0.2, 0.25) is 0 Å². The fourth-order valence-corrected chi connectivity index (χ4v) is 13.0. The van der Waals surface area contributed by atoms with Gasteiger partial charge in [0.15, 0.2) is 0 Å². The van der Waals surface area contributed by atoms with Crippen molar-refractivity contribution in [1.29, 1.82) is 0 Å². The number of benzene rings is 14. The molecule has 0 N–H and O–H groups in total. The van der Waals surface area contributed by atoms with Gasteiger partial charge in [0.1, 0.15) is 0 Å². The summed E-state index contributed by atoms with van der Waals surface area (Å²) in [4.78, 5) is 0. The monoisotopic (exact) mass is 888 g/mol. The summed E-state index contributed by atoms with van der Waals surface area (Å²) in [5.41, 5.74) is 10.1. The first-order valence-corrected chi connectivity index (χ1v) is 24.7. The van der Waals surface area contributed by atoms with Crippen LogP contribution in [0.15, 0.2) is 243 Å². The van der Waals surface area contributed by atoms with E-state index in [0.29, 0.717) is 0 Å². The van der Waals surface area contributed by atoms with Gasteiger partial charge in [-0.2, -0.15) is 0 Å². The topological polar surface area (TPSA) is 0 Å². The van der Waals surface area contributed by atoms with Gasteiger partial charge in [0.05, 0.1) is 0 Å². The average molecular weight is 889 g/mol. The summed E-state index contributed by atoms with van der Waals surface area (Å²) in [5, 5.41) is 22.8. The molecular formula is C68H40S. The van der Waals surface area contributed by atoms with Gasteiger partial charge in [0, 0.05) is 20.2 Å². The molecule has 15 aromatic rings. The molecule has 0 unspecified atom stereocenters. The first-order valence-electron chi connectivity index (χ1n) is 23.9. The smallest absolute Gasteiger partial charge is 0.0355 e. The molecule has 69 heavy (non-hydrogen) atoms. The molecule has 1 heteroatoms. The lowest BCUT2D eigenvalue weighted by Gasteiger charge is -2.20. The third-order valence-electron chi connectivity index (χ3n) is 15.0. The fraction of sp³-hybridized carbons (Fsp3) is 0. The molecule has 0 saturated carbocycles. The zero-order chi connectivity index (χ0) is 45.2. The summed E-state index contributed by atoms with van der Waals surface area (Å²) in [6.45, 7) is 0. The van der Waals surface area contributed by atoms with Crippen molar-refractivity contribution in [2.75, 3.05) is 0 Å². The summed E-state index contributed by atoms with van der Waals surface area (Å²) in [7, 11) is 0. The van der Waals surface area contributed by atoms with E-state index in [4.69, 9.17) is 0 Å². The van der Waals surface area contributed by atoms with Gasteiger partial charge >= 0.3 is 0 Å². The Balaban J connectivity index is 1.00. The van der Waals surface area contributed by atoms with Crippen LogP contribution < -0.4 is 0 Å². The Bertz CT molecular complexity index is 4370. The Hall–Kier alpha value is -8.62. The van der Waals surface area contributed by atoms with E-state index in [1.807, 2.05) is 11.3 Å². The van der Waals surface area contributed by atoms with Crippen LogP contribution in [0.25, 0.3) is 151 Å². The highest BCUT2D eigenvalue weighted by atomic mass is 32.1. The quantitative estimate of drug-likeness (QED) is 0.122. The molecule has 1 aromatic heterocycles. The van der Waals surface area contributed by atoms with Crippen LogP contribution in [0.1, 0.15) is 0 Å². The number of fused-ring (bicyclic) bond motifs is 13. The second-order valence-electron chi connectivity index (χ2n) is 18.7. The molecule has 0 amide bonds. The van der Waals surface area contributed by atoms with Crippen LogP contribution in [-0.2, 0) is 0 Å². The van der Waals surface area contributed by atoms with E-state index in [1.54, 1.807) is 0 Å². The van der Waals surface area contributed by atoms with Gasteiger partial charge in [-0.3, -0.25) is 0 Å². The minimum atomic E-state index is 1.23. The van der Waals surface area contributed by atoms with Crippen molar-refractivity contribution >= 4 is 118 Å². The normalized spacial score (nSPS) is 12.1. The first-order chi connectivity index (χ1) is 34.2. The van der Waals surface area contributed by atoms with E-state index in [1.165, 1.54) is 151 Å². The molecule has 318 valence electrons. The second kappa shape index (κ2) is 14.9. The van der Waals surface area contributed by atoms with Gasteiger partial charge in [-0.05, 0) is 167 Å². The number of thiophene rings is 1. The lowest BCUT2D eigenvalue weighted by atomic mass is 9.83. The van der Waals surface area contributed by atoms with Crippen molar-refractivity contribution in [3.8, 4) is 44.5 Å². The highest BCUT2D eigenvalue weighted by molar-refractivity contribution is 7.25. The number of hydrogen-bond donors (Lipinski definition) is 0. The number of hydrogen-bond acceptors (Lipinski definition) is 1. The van der Waals surface area contributed by atoms with E-state index in [9.17, 15) is 0 Å². The van der Waals surface area contributed by atoms with Crippen molar-refractivity contribution in [3.63, 3.8) is 0 Å². The number of rotatable bonds is 4. The SMILES string of the molecule is c1ccc2cc(-c3c4ccccc4c(-c4ccc5sc6ccc(-c7c8ccccc8c(-c8ccc9ccccc9c8)c8ccc9ccccc9c78)cc6c5c4)c4c3ccc3ccccc34)ccc2c1. The lowest BCUT2D eigenvalue weighted by Crippen LogP contribution is -1.92. The first kappa shape index (κ1) is 38.5. The van der Waals surface area contributed by atoms with Crippen LogP contribution in [0.4, 0.5) is 0 Å². The molecule has 0 radical (unpaired) electrons. The molecule has 0 aliphatic rings. The molecule has 0 nitrogen and oxygen atoms in total. The average Bonchev–Trinajstić information content (AvgIpc) is 3.78. The zero-order valence-electron chi connectivity index (χ0n) is 37.5. The Morgan fingerprint density at radius 1 is 0.188 bits per heavy atom. The molecule has 0 aliphatic carbocycles. The summed E-state index contributed by atoms with van der Waals surface area (Å²) < 4.78 is 2.59. The van der Waals surface area contributed by atoms with E-state index < -0.39 is 0 Å². The van der Waals surface area contributed by atoms with Gasteiger partial charge in [-0.15, -0.1) is 11.3 Å². The van der Waals surface area contributed by atoms with Crippen molar-refractivity contribution in [3.05, 3.63) is 243 Å². The van der Waals surface area contributed by atoms with E-state index in [-0.39, 0.29) is 0 Å². The maximum absolute atomic E-state index is 2.49. The Kier molecular flexibility index (Phi) is 8.33. The van der Waals surface area contributed by atoms with Gasteiger partial charge in [-0.25, -0.2) is 0 Å². The van der Waals surface area contributed by atoms with Crippen molar-refractivity contribution in [2.24, 2.45) is 0 Å². The van der Waals surface area contributed by atoms with Crippen LogP contribution in [0.3, 0.4) is 0 Å². The molecule has 0 saturated heterocycles. The predicted molar refractivity (Wildman–Crippen MR) is 301 cm³/mol. The van der Waals surface area contributed by atoms with Crippen LogP contribution in [0, 0.1) is 0 Å². The molecule has 0 spiro atoms. The predicted octanol–water partition coefficient (Wildman–Crippen LogP) is 19.9. The van der Waals surface area contributed by atoms with Crippen LogP contribution in [-0.4, -0.2) is 0 Å². The van der Waals surface area contributed by atoms with E-state index in [0.717, 1.165) is 0 Å². The second-order valence-corrected chi connectivity index (χ2v) is 19.7. The minimum absolute atomic E-state index is 1.23. The standard InChI is InChI=1S/C68H40S/c1-3-17-45-37-47(27-25-41(45)13-1)63-53-21-9-11-23-55(53)65(67-51-19-7-5-15-43(51)29-33-57(63)67)49-31-35-61-59(39-49)60-40-50(32-36-62(60)69-61)66-56-24-12-10-22-54(56)64(48-28-26-42-14-2-4-18-46(42)38-48)58-34-30-44-16-6-8-20-52(44)68(58)66/h1-40H. The fourth-order valence-electron chi connectivity index (χ4n) is 11.9. The van der Waals surface area contributed by atoms with E-state index >= 15 is 0 Å². The largest absolute Gasteiger partial charge is 0.135 e. The van der Waals surface area contributed by atoms with Gasteiger partial charge in [-0.1, -0.05) is 206 Å². The van der Waals surface area contributed by atoms with E-state index in [2.05, 4.69) is 243 Å². The van der Waals surface area contributed by atoms with Gasteiger partial charge < -0.3 is 0 Å². The van der Waals surface area contributed by atoms with Crippen LogP contribution >= 0.6 is 11.3 Å². The van der Waals surface area contributed by atoms with Crippen molar-refractivity contribution in [1.82, 2.24) is 0 Å². The summed E-state index contributed by atoms with van der Waals surface area (Å²) >= 11 is 1.89. The summed E-state index contributed by atoms with van der Waals surface area (Å²) in [6.07, 6.45) is 0. The Labute approximate surface area is 402 Å². The molecule has 14 aromatic carbocycles. The minimum Gasteiger partial charge on any atom is -0.135 e. The Morgan fingerprint density at radius 3 is 0.942 bits per heavy atom. The third-order valence-corrected chi connectivity index (χ3v) is 16.1. The molecular weight excluding hydrogens is 849 g/mol.